The number of fused-ring (bicyclic) bond motifs is 1. The average Bonchev–Trinajstić information content (AvgIpc) is 2.98. The van der Waals surface area contributed by atoms with Gasteiger partial charge in [-0.05, 0) is 31.0 Å². The Balaban J connectivity index is 2.16. The monoisotopic (exact) mass is 404 g/mol. The van der Waals surface area contributed by atoms with Gasteiger partial charge in [0.15, 0.2) is 0 Å². The Labute approximate surface area is 165 Å². The van der Waals surface area contributed by atoms with Gasteiger partial charge in [0.05, 0.1) is 12.0 Å². The van der Waals surface area contributed by atoms with Crippen LogP contribution in [0.3, 0.4) is 0 Å². The Morgan fingerprint density at radius 2 is 2.04 bits per heavy atom. The maximum atomic E-state index is 13.3. The summed E-state index contributed by atoms with van der Waals surface area (Å²) in [7, 11) is 1.58. The van der Waals surface area contributed by atoms with Gasteiger partial charge in [0.1, 0.15) is 16.5 Å². The highest BCUT2D eigenvalue weighted by Crippen LogP contribution is 2.35. The van der Waals surface area contributed by atoms with Gasteiger partial charge in [-0.1, -0.05) is 12.1 Å². The van der Waals surface area contributed by atoms with Gasteiger partial charge in [0.2, 0.25) is 0 Å². The maximum absolute atomic E-state index is 13.3. The van der Waals surface area contributed by atoms with E-state index in [4.69, 9.17) is 9.84 Å². The summed E-state index contributed by atoms with van der Waals surface area (Å²) in [5.74, 6) is -0.664. The molecule has 0 radical (unpaired) electrons. The number of methoxy groups -OCH3 is 1. The van der Waals surface area contributed by atoms with Crippen molar-refractivity contribution in [2.75, 3.05) is 13.7 Å². The number of rotatable bonds is 8. The van der Waals surface area contributed by atoms with Crippen molar-refractivity contribution < 1.29 is 19.0 Å². The zero-order chi connectivity index (χ0) is 20.3. The van der Waals surface area contributed by atoms with Gasteiger partial charge < -0.3 is 9.84 Å². The Kier molecular flexibility index (Phi) is 6.21. The van der Waals surface area contributed by atoms with Gasteiger partial charge in [0, 0.05) is 36.9 Å². The molecule has 0 aliphatic heterocycles. The second-order valence-electron chi connectivity index (χ2n) is 6.45. The van der Waals surface area contributed by atoms with Crippen LogP contribution in [0, 0.1) is 12.7 Å². The molecule has 0 unspecified atom stereocenters. The minimum atomic E-state index is -0.904. The van der Waals surface area contributed by atoms with Crippen LogP contribution in [-0.2, 0) is 22.5 Å². The zero-order valence-corrected chi connectivity index (χ0v) is 16.5. The van der Waals surface area contributed by atoms with Crippen LogP contribution < -0.4 is 5.56 Å². The first-order valence-electron chi connectivity index (χ1n) is 8.92. The molecule has 6 nitrogen and oxygen atoms in total. The quantitative estimate of drug-likeness (QED) is 0.620. The molecule has 0 saturated carbocycles. The fourth-order valence-corrected chi connectivity index (χ4v) is 4.26. The third-order valence-electron chi connectivity index (χ3n) is 4.50. The molecule has 0 fully saturated rings. The van der Waals surface area contributed by atoms with Gasteiger partial charge in [-0.3, -0.25) is 14.2 Å². The molecule has 0 bridgehead atoms. The van der Waals surface area contributed by atoms with E-state index in [2.05, 4.69) is 4.98 Å². The van der Waals surface area contributed by atoms with Crippen molar-refractivity contribution in [3.63, 3.8) is 0 Å². The number of carbonyl (C=O) groups is 1. The summed E-state index contributed by atoms with van der Waals surface area (Å²) in [5.41, 5.74) is 1.30. The Morgan fingerprint density at radius 3 is 2.68 bits per heavy atom. The zero-order valence-electron chi connectivity index (χ0n) is 15.7. The van der Waals surface area contributed by atoms with E-state index in [9.17, 15) is 14.0 Å². The normalized spacial score (nSPS) is 11.2. The molecule has 1 N–H and O–H groups in total. The lowest BCUT2D eigenvalue weighted by Crippen LogP contribution is -2.26. The lowest BCUT2D eigenvalue weighted by molar-refractivity contribution is -0.137. The van der Waals surface area contributed by atoms with Crippen LogP contribution in [0.4, 0.5) is 4.39 Å². The van der Waals surface area contributed by atoms with Crippen LogP contribution in [0.15, 0.2) is 29.1 Å². The van der Waals surface area contributed by atoms with E-state index < -0.39 is 5.97 Å². The largest absolute Gasteiger partial charge is 0.481 e. The van der Waals surface area contributed by atoms with Crippen molar-refractivity contribution in [1.82, 2.24) is 9.55 Å². The first kappa shape index (κ1) is 20.2. The summed E-state index contributed by atoms with van der Waals surface area (Å²) in [4.78, 5) is 30.4. The molecule has 3 rings (SSSR count). The first-order chi connectivity index (χ1) is 13.4. The molecule has 0 aliphatic carbocycles. The molecular weight excluding hydrogens is 383 g/mol. The summed E-state index contributed by atoms with van der Waals surface area (Å²) < 4.78 is 20.0. The van der Waals surface area contributed by atoms with Gasteiger partial charge in [-0.25, -0.2) is 9.37 Å². The van der Waals surface area contributed by atoms with Gasteiger partial charge in [-0.15, -0.1) is 11.3 Å². The fourth-order valence-electron chi connectivity index (χ4n) is 3.20. The van der Waals surface area contributed by atoms with E-state index in [1.165, 1.54) is 23.5 Å². The topological polar surface area (TPSA) is 81.4 Å². The second kappa shape index (κ2) is 8.62. The molecule has 28 heavy (non-hydrogen) atoms. The number of ether oxygens (including phenoxy) is 1. The molecule has 2 aromatic heterocycles. The Bertz CT molecular complexity index is 1060. The number of carboxylic acid groups (broad SMARTS) is 1. The molecule has 0 atom stereocenters. The van der Waals surface area contributed by atoms with E-state index in [0.29, 0.717) is 35.5 Å². The number of hydrogen-bond donors (Lipinski definition) is 1. The number of hydrogen-bond acceptors (Lipinski definition) is 5. The number of aryl methyl sites for hydroxylation is 1. The van der Waals surface area contributed by atoms with Crippen LogP contribution >= 0.6 is 11.3 Å². The number of benzene rings is 1. The Hall–Kier alpha value is -2.58. The second-order valence-corrected chi connectivity index (χ2v) is 7.65. The van der Waals surface area contributed by atoms with Crippen molar-refractivity contribution in [2.24, 2.45) is 0 Å². The number of aromatic nitrogens is 2. The minimum absolute atomic E-state index is 0.0261. The van der Waals surface area contributed by atoms with Crippen LogP contribution in [0.5, 0.6) is 0 Å². The van der Waals surface area contributed by atoms with Gasteiger partial charge in [-0.2, -0.15) is 0 Å². The highest BCUT2D eigenvalue weighted by atomic mass is 32.1. The van der Waals surface area contributed by atoms with E-state index in [0.717, 1.165) is 16.0 Å². The van der Waals surface area contributed by atoms with Crippen molar-refractivity contribution in [2.45, 2.75) is 32.7 Å². The highest BCUT2D eigenvalue weighted by molar-refractivity contribution is 7.19. The molecule has 8 heteroatoms. The molecule has 3 aromatic rings. The highest BCUT2D eigenvalue weighted by Gasteiger charge is 2.20. The third kappa shape index (κ3) is 4.13. The number of aliphatic carboxylic acids is 1. The van der Waals surface area contributed by atoms with Crippen molar-refractivity contribution in [3.05, 3.63) is 51.1 Å². The van der Waals surface area contributed by atoms with Crippen LogP contribution in [-0.4, -0.2) is 34.3 Å². The summed E-state index contributed by atoms with van der Waals surface area (Å²) >= 11 is 1.42. The van der Waals surface area contributed by atoms with Crippen LogP contribution in [0.1, 0.15) is 23.5 Å². The molecular formula is C20H21FN2O4S. The molecule has 0 aliphatic rings. The molecule has 148 valence electrons. The number of nitrogens with zero attached hydrogens (tertiary/aromatic N) is 2. The van der Waals surface area contributed by atoms with E-state index in [-0.39, 0.29) is 24.3 Å². The lowest BCUT2D eigenvalue weighted by Gasteiger charge is -2.12. The minimum Gasteiger partial charge on any atom is -0.481 e. The number of carboxylic acids is 1. The summed E-state index contributed by atoms with van der Waals surface area (Å²) in [6.45, 7) is 2.59. The predicted octanol–water partition coefficient (Wildman–Crippen LogP) is 3.63. The number of halogens is 1. The lowest BCUT2D eigenvalue weighted by atomic mass is 10.0. The van der Waals surface area contributed by atoms with E-state index in [1.807, 2.05) is 6.92 Å². The first-order valence-corrected chi connectivity index (χ1v) is 9.73. The smallest absolute Gasteiger partial charge is 0.303 e. The predicted molar refractivity (Wildman–Crippen MR) is 106 cm³/mol. The summed E-state index contributed by atoms with van der Waals surface area (Å²) in [6.07, 6.45) is 0.761. The van der Waals surface area contributed by atoms with E-state index >= 15 is 0 Å². The SMILES string of the molecule is COCCc1nc2sc(C)c(-c3ccc(F)cc3)c2c(=O)n1CCCC(=O)O. The molecule has 1 aromatic carbocycles. The average molecular weight is 404 g/mol. The van der Waals surface area contributed by atoms with E-state index in [1.54, 1.807) is 23.8 Å². The van der Waals surface area contributed by atoms with Gasteiger partial charge in [0.25, 0.3) is 5.56 Å². The molecule has 0 amide bonds. The van der Waals surface area contributed by atoms with Gasteiger partial charge >= 0.3 is 5.97 Å². The third-order valence-corrected chi connectivity index (χ3v) is 5.50. The summed E-state index contributed by atoms with van der Waals surface area (Å²) in [6, 6.07) is 6.03. The standard InChI is InChI=1S/C20H21FN2O4S/c1-12-17(13-5-7-14(21)8-6-13)18-19(28-12)22-15(9-11-27-2)23(20(18)26)10-3-4-16(24)25/h5-8H,3-4,9-11H2,1-2H3,(H,24,25). The van der Waals surface area contributed by atoms with Crippen molar-refractivity contribution in [1.29, 1.82) is 0 Å². The molecule has 2 heterocycles. The van der Waals surface area contributed by atoms with Crippen LogP contribution in [0.2, 0.25) is 0 Å². The van der Waals surface area contributed by atoms with Crippen molar-refractivity contribution in [3.8, 4) is 11.1 Å². The van der Waals surface area contributed by atoms with Crippen molar-refractivity contribution >= 4 is 27.5 Å². The fraction of sp³-hybridized carbons (Fsp3) is 0.350. The molecule has 0 saturated heterocycles. The number of thiophene rings is 1. The summed E-state index contributed by atoms with van der Waals surface area (Å²) in [5, 5.41) is 9.40. The molecule has 0 spiro atoms. The van der Waals surface area contributed by atoms with Crippen LogP contribution in [0.25, 0.3) is 21.3 Å². The maximum Gasteiger partial charge on any atom is 0.303 e. The Morgan fingerprint density at radius 1 is 1.32 bits per heavy atom.